The standard InChI is InChI=1S/C14H23N3O/c1-10-7-16-13(12(3)14(10)18-4)9-17-6-5-15-11(2)8-17/h7,11,15H,5-6,8-9H2,1-4H3/t11-/m0/s1. The van der Waals surface area contributed by atoms with E-state index in [1.807, 2.05) is 13.1 Å². The zero-order valence-electron chi connectivity index (χ0n) is 11.8. The van der Waals surface area contributed by atoms with E-state index in [9.17, 15) is 0 Å². The van der Waals surface area contributed by atoms with Crippen LogP contribution in [0.4, 0.5) is 0 Å². The van der Waals surface area contributed by atoms with Crippen LogP contribution in [0.1, 0.15) is 23.7 Å². The number of ether oxygens (including phenoxy) is 1. The summed E-state index contributed by atoms with van der Waals surface area (Å²) in [5.41, 5.74) is 3.41. The third-order valence-electron chi connectivity index (χ3n) is 3.58. The lowest BCUT2D eigenvalue weighted by Gasteiger charge is -2.32. The molecule has 1 aromatic heterocycles. The van der Waals surface area contributed by atoms with Gasteiger partial charge >= 0.3 is 0 Å². The van der Waals surface area contributed by atoms with E-state index in [-0.39, 0.29) is 0 Å². The molecule has 0 amide bonds. The van der Waals surface area contributed by atoms with Crippen molar-refractivity contribution in [3.63, 3.8) is 0 Å². The largest absolute Gasteiger partial charge is 0.496 e. The topological polar surface area (TPSA) is 37.4 Å². The lowest BCUT2D eigenvalue weighted by atomic mass is 10.1. The summed E-state index contributed by atoms with van der Waals surface area (Å²) in [5, 5.41) is 3.46. The van der Waals surface area contributed by atoms with Crippen molar-refractivity contribution in [2.45, 2.75) is 33.4 Å². The molecule has 1 N–H and O–H groups in total. The molecule has 0 bridgehead atoms. The lowest BCUT2D eigenvalue weighted by molar-refractivity contribution is 0.197. The highest BCUT2D eigenvalue weighted by molar-refractivity contribution is 5.41. The Labute approximate surface area is 109 Å². The maximum atomic E-state index is 5.46. The SMILES string of the molecule is COc1c(C)cnc(CN2CCN[C@@H](C)C2)c1C. The van der Waals surface area contributed by atoms with Gasteiger partial charge in [-0.3, -0.25) is 9.88 Å². The van der Waals surface area contributed by atoms with Crippen molar-refractivity contribution in [1.29, 1.82) is 0 Å². The second-order valence-electron chi connectivity index (χ2n) is 5.14. The maximum Gasteiger partial charge on any atom is 0.128 e. The lowest BCUT2D eigenvalue weighted by Crippen LogP contribution is -2.48. The Bertz CT molecular complexity index is 420. The summed E-state index contributed by atoms with van der Waals surface area (Å²) in [6.07, 6.45) is 1.91. The summed E-state index contributed by atoms with van der Waals surface area (Å²) in [4.78, 5) is 7.01. The number of methoxy groups -OCH3 is 1. The first-order valence-electron chi connectivity index (χ1n) is 6.56. The monoisotopic (exact) mass is 249 g/mol. The van der Waals surface area contributed by atoms with Crippen LogP contribution < -0.4 is 10.1 Å². The van der Waals surface area contributed by atoms with Crippen molar-refractivity contribution >= 4 is 0 Å². The van der Waals surface area contributed by atoms with E-state index in [4.69, 9.17) is 4.74 Å². The first kappa shape index (κ1) is 13.3. The van der Waals surface area contributed by atoms with Crippen molar-refractivity contribution in [2.75, 3.05) is 26.7 Å². The molecule has 0 aliphatic carbocycles. The van der Waals surface area contributed by atoms with Gasteiger partial charge in [-0.25, -0.2) is 0 Å². The molecule has 0 saturated carbocycles. The van der Waals surface area contributed by atoms with E-state index < -0.39 is 0 Å². The van der Waals surface area contributed by atoms with Crippen molar-refractivity contribution < 1.29 is 4.74 Å². The summed E-state index contributed by atoms with van der Waals surface area (Å²) < 4.78 is 5.46. The van der Waals surface area contributed by atoms with Gasteiger partial charge in [0.15, 0.2) is 0 Å². The number of hydrogen-bond acceptors (Lipinski definition) is 4. The summed E-state index contributed by atoms with van der Waals surface area (Å²) in [6, 6.07) is 0.561. The van der Waals surface area contributed by atoms with Crippen LogP contribution in [0.25, 0.3) is 0 Å². The van der Waals surface area contributed by atoms with Gasteiger partial charge in [0.2, 0.25) is 0 Å². The first-order chi connectivity index (χ1) is 8.61. The Kier molecular flexibility index (Phi) is 4.19. The second-order valence-corrected chi connectivity index (χ2v) is 5.14. The van der Waals surface area contributed by atoms with Crippen molar-refractivity contribution in [3.8, 4) is 5.75 Å². The average Bonchev–Trinajstić information content (AvgIpc) is 2.34. The molecule has 1 aliphatic rings. The fraction of sp³-hybridized carbons (Fsp3) is 0.643. The van der Waals surface area contributed by atoms with Gasteiger partial charge in [0.05, 0.1) is 12.8 Å². The van der Waals surface area contributed by atoms with E-state index in [2.05, 4.69) is 29.0 Å². The highest BCUT2D eigenvalue weighted by Gasteiger charge is 2.18. The number of pyridine rings is 1. The van der Waals surface area contributed by atoms with Crippen LogP contribution in [0.15, 0.2) is 6.20 Å². The number of nitrogens with zero attached hydrogens (tertiary/aromatic N) is 2. The molecule has 1 aliphatic heterocycles. The van der Waals surface area contributed by atoms with E-state index in [1.54, 1.807) is 7.11 Å². The van der Waals surface area contributed by atoms with Gasteiger partial charge in [0.25, 0.3) is 0 Å². The molecule has 100 valence electrons. The molecule has 2 rings (SSSR count). The average molecular weight is 249 g/mol. The highest BCUT2D eigenvalue weighted by Crippen LogP contribution is 2.24. The van der Waals surface area contributed by atoms with E-state index >= 15 is 0 Å². The molecule has 1 aromatic rings. The number of nitrogens with one attached hydrogen (secondary N) is 1. The molecular formula is C14H23N3O. The Morgan fingerprint density at radius 2 is 2.28 bits per heavy atom. The zero-order chi connectivity index (χ0) is 13.1. The fourth-order valence-electron chi connectivity index (χ4n) is 2.60. The summed E-state index contributed by atoms with van der Waals surface area (Å²) in [5.74, 6) is 0.975. The van der Waals surface area contributed by atoms with Crippen LogP contribution in [0.2, 0.25) is 0 Å². The number of rotatable bonds is 3. The van der Waals surface area contributed by atoms with Gasteiger partial charge in [-0.15, -0.1) is 0 Å². The normalized spacial score (nSPS) is 21.0. The number of aryl methyl sites for hydroxylation is 1. The van der Waals surface area contributed by atoms with E-state index in [0.29, 0.717) is 6.04 Å². The van der Waals surface area contributed by atoms with E-state index in [1.165, 1.54) is 5.56 Å². The van der Waals surface area contributed by atoms with Gasteiger partial charge in [0, 0.05) is 49.5 Å². The van der Waals surface area contributed by atoms with Crippen molar-refractivity contribution in [2.24, 2.45) is 0 Å². The summed E-state index contributed by atoms with van der Waals surface area (Å²) in [7, 11) is 1.73. The van der Waals surface area contributed by atoms with E-state index in [0.717, 1.165) is 43.2 Å². The maximum absolute atomic E-state index is 5.46. The molecule has 18 heavy (non-hydrogen) atoms. The molecule has 1 atom stereocenters. The molecule has 4 heteroatoms. The molecule has 1 fully saturated rings. The number of piperazine rings is 1. The van der Waals surface area contributed by atoms with Gasteiger partial charge in [-0.05, 0) is 20.8 Å². The summed E-state index contributed by atoms with van der Waals surface area (Å²) in [6.45, 7) is 10.5. The fourth-order valence-corrected chi connectivity index (χ4v) is 2.60. The Morgan fingerprint density at radius 3 is 2.94 bits per heavy atom. The Balaban J connectivity index is 2.14. The number of aromatic nitrogens is 1. The molecule has 0 spiro atoms. The van der Waals surface area contributed by atoms with Crippen LogP contribution >= 0.6 is 0 Å². The minimum atomic E-state index is 0.561. The van der Waals surface area contributed by atoms with Crippen LogP contribution in [0.3, 0.4) is 0 Å². The van der Waals surface area contributed by atoms with Gasteiger partial charge in [-0.1, -0.05) is 0 Å². The first-order valence-corrected chi connectivity index (χ1v) is 6.56. The minimum Gasteiger partial charge on any atom is -0.496 e. The molecule has 4 nitrogen and oxygen atoms in total. The zero-order valence-corrected chi connectivity index (χ0v) is 11.8. The quantitative estimate of drug-likeness (QED) is 0.881. The third kappa shape index (κ3) is 2.82. The minimum absolute atomic E-state index is 0.561. The third-order valence-corrected chi connectivity index (χ3v) is 3.58. The van der Waals surface area contributed by atoms with Gasteiger partial charge in [-0.2, -0.15) is 0 Å². The Hall–Kier alpha value is -1.13. The molecule has 0 unspecified atom stereocenters. The molecule has 0 radical (unpaired) electrons. The van der Waals surface area contributed by atoms with Crippen molar-refractivity contribution in [3.05, 3.63) is 23.0 Å². The molecular weight excluding hydrogens is 226 g/mol. The van der Waals surface area contributed by atoms with Crippen LogP contribution in [0.5, 0.6) is 5.75 Å². The van der Waals surface area contributed by atoms with Gasteiger partial charge in [0.1, 0.15) is 5.75 Å². The van der Waals surface area contributed by atoms with Crippen molar-refractivity contribution in [1.82, 2.24) is 15.2 Å². The second kappa shape index (κ2) is 5.67. The van der Waals surface area contributed by atoms with Crippen LogP contribution in [0, 0.1) is 13.8 Å². The molecule has 0 aromatic carbocycles. The highest BCUT2D eigenvalue weighted by atomic mass is 16.5. The van der Waals surface area contributed by atoms with Crippen LogP contribution in [-0.2, 0) is 6.54 Å². The van der Waals surface area contributed by atoms with Crippen LogP contribution in [-0.4, -0.2) is 42.7 Å². The predicted molar refractivity (Wildman–Crippen MR) is 73.0 cm³/mol. The predicted octanol–water partition coefficient (Wildman–Crippen LogP) is 1.50. The van der Waals surface area contributed by atoms with Gasteiger partial charge < -0.3 is 10.1 Å². The Morgan fingerprint density at radius 1 is 1.50 bits per heavy atom. The molecule has 1 saturated heterocycles. The summed E-state index contributed by atoms with van der Waals surface area (Å²) >= 11 is 0. The molecule has 2 heterocycles. The smallest absolute Gasteiger partial charge is 0.128 e. The number of hydrogen-bond donors (Lipinski definition) is 1.